The van der Waals surface area contributed by atoms with Crippen molar-refractivity contribution < 1.29 is 5.11 Å². The molecule has 96 valence electrons. The number of hydrogen-bond donors (Lipinski definition) is 2. The third kappa shape index (κ3) is 2.85. The number of rotatable bonds is 4. The maximum Gasteiger partial charge on any atom is 0.129 e. The molecule has 0 aliphatic carbocycles. The quantitative estimate of drug-likeness (QED) is 0.912. The Morgan fingerprint density at radius 2 is 2.22 bits per heavy atom. The van der Waals surface area contributed by atoms with E-state index in [1.54, 1.807) is 6.07 Å². The van der Waals surface area contributed by atoms with Gasteiger partial charge in [-0.1, -0.05) is 13.0 Å². The predicted molar refractivity (Wildman–Crippen MR) is 75.7 cm³/mol. The summed E-state index contributed by atoms with van der Waals surface area (Å²) in [6, 6.07) is 5.49. The molecule has 0 bridgehead atoms. The summed E-state index contributed by atoms with van der Waals surface area (Å²) in [5.74, 6) is 0.259. The Balaban J connectivity index is 2.08. The van der Waals surface area contributed by atoms with Gasteiger partial charge in [-0.3, -0.25) is 4.68 Å². The molecule has 1 heterocycles. The van der Waals surface area contributed by atoms with Crippen molar-refractivity contribution in [3.05, 3.63) is 40.1 Å². The first-order valence-corrected chi connectivity index (χ1v) is 6.63. The van der Waals surface area contributed by atoms with E-state index in [4.69, 9.17) is 0 Å². The van der Waals surface area contributed by atoms with Gasteiger partial charge in [0.2, 0.25) is 0 Å². The number of aromatic nitrogens is 2. The first-order valence-electron chi connectivity index (χ1n) is 5.84. The fourth-order valence-corrected chi connectivity index (χ4v) is 2.23. The number of nitrogens with one attached hydrogen (secondary N) is 1. The van der Waals surface area contributed by atoms with Crippen molar-refractivity contribution in [2.75, 3.05) is 5.32 Å². The van der Waals surface area contributed by atoms with E-state index in [0.717, 1.165) is 23.4 Å². The molecule has 0 aliphatic heterocycles. The highest BCUT2D eigenvalue weighted by atomic mass is 79.9. The van der Waals surface area contributed by atoms with Gasteiger partial charge in [0.1, 0.15) is 5.75 Å². The maximum absolute atomic E-state index is 9.43. The lowest BCUT2D eigenvalue weighted by atomic mass is 10.2. The molecule has 0 amide bonds. The molecule has 2 rings (SSSR count). The highest BCUT2D eigenvalue weighted by molar-refractivity contribution is 9.10. The van der Waals surface area contributed by atoms with Crippen LogP contribution in [0.3, 0.4) is 0 Å². The van der Waals surface area contributed by atoms with Crippen molar-refractivity contribution in [2.45, 2.75) is 19.9 Å². The zero-order chi connectivity index (χ0) is 13.1. The molecule has 2 aromatic rings. The normalized spacial score (nSPS) is 10.6. The first kappa shape index (κ1) is 13.0. The zero-order valence-corrected chi connectivity index (χ0v) is 12.0. The summed E-state index contributed by atoms with van der Waals surface area (Å²) in [5, 5.41) is 17.2. The van der Waals surface area contributed by atoms with Crippen molar-refractivity contribution in [2.24, 2.45) is 7.05 Å². The second-order valence-electron chi connectivity index (χ2n) is 4.16. The number of anilines is 1. The Kier molecular flexibility index (Phi) is 3.91. The van der Waals surface area contributed by atoms with E-state index in [-0.39, 0.29) is 5.75 Å². The summed E-state index contributed by atoms with van der Waals surface area (Å²) in [4.78, 5) is 0. The Morgan fingerprint density at radius 3 is 2.89 bits per heavy atom. The van der Waals surface area contributed by atoms with Crippen LogP contribution in [-0.2, 0) is 20.0 Å². The van der Waals surface area contributed by atoms with Crippen LogP contribution in [0.2, 0.25) is 0 Å². The lowest BCUT2D eigenvalue weighted by Crippen LogP contribution is -2.00. The molecule has 0 unspecified atom stereocenters. The van der Waals surface area contributed by atoms with Gasteiger partial charge in [-0.2, -0.15) is 5.10 Å². The molecule has 0 spiro atoms. The van der Waals surface area contributed by atoms with Gasteiger partial charge < -0.3 is 10.4 Å². The van der Waals surface area contributed by atoms with E-state index in [9.17, 15) is 5.11 Å². The summed E-state index contributed by atoms with van der Waals surface area (Å²) < 4.78 is 2.53. The van der Waals surface area contributed by atoms with Gasteiger partial charge in [0.25, 0.3) is 0 Å². The van der Waals surface area contributed by atoms with Crippen LogP contribution in [0, 0.1) is 0 Å². The van der Waals surface area contributed by atoms with Crippen molar-refractivity contribution in [1.82, 2.24) is 9.78 Å². The first-order chi connectivity index (χ1) is 8.60. The van der Waals surface area contributed by atoms with E-state index >= 15 is 0 Å². The summed E-state index contributed by atoms with van der Waals surface area (Å²) in [6.45, 7) is 2.79. The number of phenols is 1. The average Bonchev–Trinajstić information content (AvgIpc) is 2.71. The van der Waals surface area contributed by atoms with Gasteiger partial charge in [0.05, 0.1) is 15.9 Å². The van der Waals surface area contributed by atoms with Gasteiger partial charge in [-0.15, -0.1) is 0 Å². The Hall–Kier alpha value is -1.49. The molecule has 0 saturated heterocycles. The molecule has 1 aromatic carbocycles. The van der Waals surface area contributed by atoms with Crippen LogP contribution >= 0.6 is 15.9 Å². The molecule has 2 N–H and O–H groups in total. The highest BCUT2D eigenvalue weighted by Crippen LogP contribution is 2.25. The van der Waals surface area contributed by atoms with E-state index < -0.39 is 0 Å². The smallest absolute Gasteiger partial charge is 0.129 e. The van der Waals surface area contributed by atoms with E-state index in [1.807, 2.05) is 30.1 Å². The number of halogens is 1. The molecule has 0 radical (unpaired) electrons. The van der Waals surface area contributed by atoms with Crippen molar-refractivity contribution >= 4 is 21.6 Å². The molecule has 4 nitrogen and oxygen atoms in total. The van der Waals surface area contributed by atoms with Gasteiger partial charge in [-0.05, 0) is 40.0 Å². The molecule has 0 saturated carbocycles. The number of aromatic hydroxyl groups is 1. The number of phenolic OH excluding ortho intramolecular Hbond substituents is 1. The Labute approximate surface area is 115 Å². The lowest BCUT2D eigenvalue weighted by Gasteiger charge is -2.06. The van der Waals surface area contributed by atoms with Gasteiger partial charge >= 0.3 is 0 Å². The van der Waals surface area contributed by atoms with E-state index in [2.05, 4.69) is 33.3 Å². The van der Waals surface area contributed by atoms with Crippen molar-refractivity contribution in [1.29, 1.82) is 0 Å². The fraction of sp³-hybridized carbons (Fsp3) is 0.308. The number of hydrogen-bond acceptors (Lipinski definition) is 3. The Bertz CT molecular complexity index is 551. The second-order valence-corrected chi connectivity index (χ2v) is 5.01. The van der Waals surface area contributed by atoms with E-state index in [0.29, 0.717) is 11.0 Å². The number of benzene rings is 1. The lowest BCUT2D eigenvalue weighted by molar-refractivity contribution is 0.471. The molecular formula is C13H16BrN3O. The molecule has 0 aliphatic rings. The minimum absolute atomic E-state index is 0.259. The molecule has 5 heteroatoms. The van der Waals surface area contributed by atoms with Crippen molar-refractivity contribution in [3.8, 4) is 5.75 Å². The highest BCUT2D eigenvalue weighted by Gasteiger charge is 2.05. The standard InChI is InChI=1S/C13H16BrN3O/c1-3-11-12(8-17(2)16-11)15-7-9-4-5-13(18)10(14)6-9/h4-6,8,15,18H,3,7H2,1-2H3. The number of nitrogens with zero attached hydrogens (tertiary/aromatic N) is 2. The van der Waals surface area contributed by atoms with Crippen LogP contribution < -0.4 is 5.32 Å². The molecule has 0 fully saturated rings. The summed E-state index contributed by atoms with van der Waals surface area (Å²) in [6.07, 6.45) is 2.89. The molecular weight excluding hydrogens is 294 g/mol. The minimum atomic E-state index is 0.259. The minimum Gasteiger partial charge on any atom is -0.507 e. The van der Waals surface area contributed by atoms with Crippen LogP contribution in [0.5, 0.6) is 5.75 Å². The van der Waals surface area contributed by atoms with E-state index in [1.165, 1.54) is 0 Å². The van der Waals surface area contributed by atoms with Crippen LogP contribution in [-0.4, -0.2) is 14.9 Å². The predicted octanol–water partition coefficient (Wildman–Crippen LogP) is 3.06. The Morgan fingerprint density at radius 1 is 1.44 bits per heavy atom. The molecule has 0 atom stereocenters. The average molecular weight is 310 g/mol. The number of aryl methyl sites for hydroxylation is 2. The SMILES string of the molecule is CCc1nn(C)cc1NCc1ccc(O)c(Br)c1. The van der Waals surface area contributed by atoms with Gasteiger partial charge in [0, 0.05) is 19.8 Å². The van der Waals surface area contributed by atoms with Crippen LogP contribution in [0.15, 0.2) is 28.9 Å². The largest absolute Gasteiger partial charge is 0.507 e. The third-order valence-electron chi connectivity index (χ3n) is 2.74. The third-order valence-corrected chi connectivity index (χ3v) is 3.37. The summed E-state index contributed by atoms with van der Waals surface area (Å²) in [7, 11) is 1.92. The van der Waals surface area contributed by atoms with Crippen LogP contribution in [0.4, 0.5) is 5.69 Å². The zero-order valence-electron chi connectivity index (χ0n) is 10.4. The summed E-state index contributed by atoms with van der Waals surface area (Å²) in [5.41, 5.74) is 3.23. The maximum atomic E-state index is 9.43. The van der Waals surface area contributed by atoms with Gasteiger partial charge in [-0.25, -0.2) is 0 Å². The summed E-state index contributed by atoms with van der Waals surface area (Å²) >= 11 is 3.31. The monoisotopic (exact) mass is 309 g/mol. The fourth-order valence-electron chi connectivity index (χ4n) is 1.80. The van der Waals surface area contributed by atoms with Gasteiger partial charge in [0.15, 0.2) is 0 Å². The molecule has 18 heavy (non-hydrogen) atoms. The second kappa shape index (κ2) is 5.44. The topological polar surface area (TPSA) is 50.1 Å². The van der Waals surface area contributed by atoms with Crippen LogP contribution in [0.25, 0.3) is 0 Å². The van der Waals surface area contributed by atoms with Crippen LogP contribution in [0.1, 0.15) is 18.2 Å². The molecule has 1 aromatic heterocycles. The van der Waals surface area contributed by atoms with Crippen molar-refractivity contribution in [3.63, 3.8) is 0 Å².